The van der Waals surface area contributed by atoms with E-state index in [1.807, 2.05) is 0 Å². The summed E-state index contributed by atoms with van der Waals surface area (Å²) in [6.07, 6.45) is 3.89. The Kier molecular flexibility index (Phi) is 4.54. The summed E-state index contributed by atoms with van der Waals surface area (Å²) in [4.78, 5) is 22.8. The normalized spacial score (nSPS) is 19.5. The second-order valence-corrected chi connectivity index (χ2v) is 5.68. The zero-order valence-electron chi connectivity index (χ0n) is 11.0. The van der Waals surface area contributed by atoms with Gasteiger partial charge in [0, 0.05) is 12.0 Å². The Morgan fingerprint density at radius 3 is 2.24 bits per heavy atom. The van der Waals surface area contributed by atoms with Gasteiger partial charge < -0.3 is 10.4 Å². The van der Waals surface area contributed by atoms with Crippen molar-refractivity contribution in [1.29, 1.82) is 0 Å². The summed E-state index contributed by atoms with van der Waals surface area (Å²) in [6.45, 7) is 6.08. The van der Waals surface area contributed by atoms with Gasteiger partial charge in [0.05, 0.1) is 5.92 Å². The summed E-state index contributed by atoms with van der Waals surface area (Å²) < 4.78 is 0. The van der Waals surface area contributed by atoms with E-state index in [9.17, 15) is 9.59 Å². The van der Waals surface area contributed by atoms with Gasteiger partial charge in [-0.15, -0.1) is 0 Å². The molecule has 0 aromatic carbocycles. The molecule has 98 valence electrons. The molecule has 4 nitrogen and oxygen atoms in total. The fourth-order valence-electron chi connectivity index (χ4n) is 2.43. The van der Waals surface area contributed by atoms with Crippen molar-refractivity contribution in [3.05, 3.63) is 0 Å². The highest BCUT2D eigenvalue weighted by atomic mass is 16.4. The lowest BCUT2D eigenvalue weighted by Crippen LogP contribution is -2.48. The van der Waals surface area contributed by atoms with Crippen molar-refractivity contribution in [1.82, 2.24) is 5.32 Å². The van der Waals surface area contributed by atoms with E-state index in [1.165, 1.54) is 0 Å². The number of carbonyl (C=O) groups is 2. The number of amides is 1. The highest BCUT2D eigenvalue weighted by Crippen LogP contribution is 2.46. The summed E-state index contributed by atoms with van der Waals surface area (Å²) in [5.74, 6) is -0.838. The van der Waals surface area contributed by atoms with Crippen LogP contribution in [0.4, 0.5) is 0 Å². The first-order valence-corrected chi connectivity index (χ1v) is 6.38. The molecule has 0 spiro atoms. The molecule has 0 aromatic heterocycles. The quantitative estimate of drug-likeness (QED) is 0.748. The van der Waals surface area contributed by atoms with Crippen molar-refractivity contribution < 1.29 is 14.7 Å². The zero-order valence-corrected chi connectivity index (χ0v) is 11.0. The molecule has 0 saturated heterocycles. The number of hydrogen-bond acceptors (Lipinski definition) is 2. The standard InChI is InChI=1S/C13H23NO3/c1-9(2)7-13(5-4-6-13)12(17)14-8-10(3)11(15)16/h9-10H,4-8H2,1-3H3,(H,14,17)(H,15,16). The molecule has 0 radical (unpaired) electrons. The first-order valence-electron chi connectivity index (χ1n) is 6.38. The van der Waals surface area contributed by atoms with Crippen molar-refractivity contribution in [2.75, 3.05) is 6.54 Å². The van der Waals surface area contributed by atoms with Gasteiger partial charge in [-0.1, -0.05) is 27.2 Å². The van der Waals surface area contributed by atoms with E-state index in [1.54, 1.807) is 6.92 Å². The second kappa shape index (κ2) is 5.52. The molecule has 1 saturated carbocycles. The van der Waals surface area contributed by atoms with Crippen molar-refractivity contribution in [2.24, 2.45) is 17.3 Å². The van der Waals surface area contributed by atoms with Crippen LogP contribution in [0.15, 0.2) is 0 Å². The van der Waals surface area contributed by atoms with E-state index < -0.39 is 11.9 Å². The molecular weight excluding hydrogens is 218 g/mol. The monoisotopic (exact) mass is 241 g/mol. The van der Waals surface area contributed by atoms with Gasteiger partial charge >= 0.3 is 5.97 Å². The Hall–Kier alpha value is -1.06. The smallest absolute Gasteiger partial charge is 0.308 e. The average molecular weight is 241 g/mol. The van der Waals surface area contributed by atoms with Crippen LogP contribution in [0, 0.1) is 17.3 Å². The van der Waals surface area contributed by atoms with Gasteiger partial charge in [0.25, 0.3) is 0 Å². The number of nitrogens with one attached hydrogen (secondary N) is 1. The molecule has 0 aliphatic heterocycles. The zero-order chi connectivity index (χ0) is 13.1. The third kappa shape index (κ3) is 3.45. The van der Waals surface area contributed by atoms with Crippen LogP contribution < -0.4 is 5.32 Å². The van der Waals surface area contributed by atoms with Crippen LogP contribution in [0.2, 0.25) is 0 Å². The molecule has 1 unspecified atom stereocenters. The Morgan fingerprint density at radius 1 is 1.29 bits per heavy atom. The predicted molar refractivity (Wildman–Crippen MR) is 65.5 cm³/mol. The van der Waals surface area contributed by atoms with Crippen molar-refractivity contribution in [3.63, 3.8) is 0 Å². The summed E-state index contributed by atoms with van der Waals surface area (Å²) in [7, 11) is 0. The Balaban J connectivity index is 2.47. The molecule has 0 heterocycles. The van der Waals surface area contributed by atoms with Gasteiger partial charge in [-0.2, -0.15) is 0 Å². The maximum absolute atomic E-state index is 12.1. The largest absolute Gasteiger partial charge is 0.481 e. The van der Waals surface area contributed by atoms with E-state index in [0.29, 0.717) is 5.92 Å². The number of carboxylic acids is 1. The summed E-state index contributed by atoms with van der Waals surface area (Å²) >= 11 is 0. The van der Waals surface area contributed by atoms with Gasteiger partial charge in [0.2, 0.25) is 5.91 Å². The maximum Gasteiger partial charge on any atom is 0.308 e. The molecule has 1 atom stereocenters. The fraction of sp³-hybridized carbons (Fsp3) is 0.846. The van der Waals surface area contributed by atoms with Crippen molar-refractivity contribution in [2.45, 2.75) is 46.5 Å². The number of hydrogen-bond donors (Lipinski definition) is 2. The molecule has 0 aromatic rings. The molecular formula is C13H23NO3. The van der Waals surface area contributed by atoms with Crippen LogP contribution in [-0.4, -0.2) is 23.5 Å². The fourth-order valence-corrected chi connectivity index (χ4v) is 2.43. The average Bonchev–Trinajstić information content (AvgIpc) is 2.18. The Labute approximate surface area is 103 Å². The molecule has 1 aliphatic rings. The van der Waals surface area contributed by atoms with Crippen molar-refractivity contribution >= 4 is 11.9 Å². The van der Waals surface area contributed by atoms with E-state index >= 15 is 0 Å². The summed E-state index contributed by atoms with van der Waals surface area (Å²) in [6, 6.07) is 0. The van der Waals surface area contributed by atoms with Crippen LogP contribution in [0.1, 0.15) is 46.5 Å². The molecule has 4 heteroatoms. The number of rotatable bonds is 6. The van der Waals surface area contributed by atoms with Gasteiger partial charge in [-0.05, 0) is 25.2 Å². The van der Waals surface area contributed by atoms with Gasteiger partial charge in [0.15, 0.2) is 0 Å². The van der Waals surface area contributed by atoms with E-state index in [4.69, 9.17) is 5.11 Å². The van der Waals surface area contributed by atoms with Gasteiger partial charge in [0.1, 0.15) is 0 Å². The topological polar surface area (TPSA) is 66.4 Å². The molecule has 2 N–H and O–H groups in total. The first-order chi connectivity index (χ1) is 7.87. The molecule has 0 bridgehead atoms. The maximum atomic E-state index is 12.1. The van der Waals surface area contributed by atoms with Crippen LogP contribution in [-0.2, 0) is 9.59 Å². The van der Waals surface area contributed by atoms with Crippen LogP contribution >= 0.6 is 0 Å². The van der Waals surface area contributed by atoms with Gasteiger partial charge in [-0.25, -0.2) is 0 Å². The summed E-state index contributed by atoms with van der Waals surface area (Å²) in [5, 5.41) is 11.6. The second-order valence-electron chi connectivity index (χ2n) is 5.68. The van der Waals surface area contributed by atoms with Crippen molar-refractivity contribution in [3.8, 4) is 0 Å². The molecule has 17 heavy (non-hydrogen) atoms. The first kappa shape index (κ1) is 14.0. The van der Waals surface area contributed by atoms with Crippen LogP contribution in [0.5, 0.6) is 0 Å². The minimum Gasteiger partial charge on any atom is -0.481 e. The molecule has 1 fully saturated rings. The van der Waals surface area contributed by atoms with Crippen LogP contribution in [0.3, 0.4) is 0 Å². The van der Waals surface area contributed by atoms with E-state index in [2.05, 4.69) is 19.2 Å². The number of carboxylic acid groups (broad SMARTS) is 1. The number of carbonyl (C=O) groups excluding carboxylic acids is 1. The lowest BCUT2D eigenvalue weighted by atomic mass is 9.64. The SMILES string of the molecule is CC(C)CC1(C(=O)NCC(C)C(=O)O)CCC1. The van der Waals surface area contributed by atoms with E-state index in [0.717, 1.165) is 25.7 Å². The van der Waals surface area contributed by atoms with E-state index in [-0.39, 0.29) is 17.9 Å². The minimum absolute atomic E-state index is 0.0468. The molecule has 1 amide bonds. The Bertz CT molecular complexity index is 295. The highest BCUT2D eigenvalue weighted by molar-refractivity contribution is 5.84. The highest BCUT2D eigenvalue weighted by Gasteiger charge is 2.44. The summed E-state index contributed by atoms with van der Waals surface area (Å²) in [5.41, 5.74) is -0.216. The van der Waals surface area contributed by atoms with Gasteiger partial charge in [-0.3, -0.25) is 9.59 Å². The predicted octanol–water partition coefficient (Wildman–Crippen LogP) is 2.04. The molecule has 1 rings (SSSR count). The number of aliphatic carboxylic acids is 1. The van der Waals surface area contributed by atoms with Crippen LogP contribution in [0.25, 0.3) is 0 Å². The molecule has 1 aliphatic carbocycles. The lowest BCUT2D eigenvalue weighted by molar-refractivity contribution is -0.142. The lowest BCUT2D eigenvalue weighted by Gasteiger charge is -2.41. The third-order valence-corrected chi connectivity index (χ3v) is 3.58. The third-order valence-electron chi connectivity index (χ3n) is 3.58. The Morgan fingerprint density at radius 2 is 1.88 bits per heavy atom. The minimum atomic E-state index is -0.864.